The van der Waals surface area contributed by atoms with E-state index in [1.807, 2.05) is 43.3 Å². The topological polar surface area (TPSA) is 71.1 Å². The summed E-state index contributed by atoms with van der Waals surface area (Å²) < 4.78 is 5.51. The van der Waals surface area contributed by atoms with Gasteiger partial charge in [0.25, 0.3) is 5.91 Å². The molecular formula is C17H18N4O2. The molecule has 1 N–H and O–H groups in total. The molecule has 0 aliphatic carbocycles. The molecule has 23 heavy (non-hydrogen) atoms. The molecule has 3 aromatic rings. The van der Waals surface area contributed by atoms with Gasteiger partial charge in [0.15, 0.2) is 5.69 Å². The van der Waals surface area contributed by atoms with Crippen LogP contribution in [-0.4, -0.2) is 39.6 Å². The first-order chi connectivity index (χ1) is 11.2. The number of H-pyrrole nitrogens is 1. The molecule has 1 amide bonds. The van der Waals surface area contributed by atoms with Gasteiger partial charge in [-0.1, -0.05) is 24.3 Å². The first-order valence-electron chi connectivity index (χ1n) is 7.46. The van der Waals surface area contributed by atoms with Gasteiger partial charge < -0.3 is 9.64 Å². The summed E-state index contributed by atoms with van der Waals surface area (Å²) >= 11 is 0. The van der Waals surface area contributed by atoms with Crippen LogP contribution in [0.1, 0.15) is 23.0 Å². The van der Waals surface area contributed by atoms with E-state index in [2.05, 4.69) is 15.2 Å². The summed E-state index contributed by atoms with van der Waals surface area (Å²) in [5.74, 6) is 0.412. The lowest BCUT2D eigenvalue weighted by atomic mass is 10.2. The third kappa shape index (κ3) is 3.01. The van der Waals surface area contributed by atoms with E-state index in [0.717, 1.165) is 16.5 Å². The molecule has 0 saturated carbocycles. The van der Waals surface area contributed by atoms with Gasteiger partial charge in [-0.3, -0.25) is 9.89 Å². The number of hydrogen-bond donors (Lipinski definition) is 1. The maximum atomic E-state index is 12.7. The first kappa shape index (κ1) is 15.0. The summed E-state index contributed by atoms with van der Waals surface area (Å²) in [6.07, 6.45) is 1.68. The highest BCUT2D eigenvalue weighted by atomic mass is 16.5. The van der Waals surface area contributed by atoms with Crippen molar-refractivity contribution in [2.24, 2.45) is 0 Å². The zero-order valence-electron chi connectivity index (χ0n) is 13.1. The molecule has 0 unspecified atom stereocenters. The van der Waals surface area contributed by atoms with Gasteiger partial charge in [0.05, 0.1) is 18.7 Å². The van der Waals surface area contributed by atoms with Gasteiger partial charge in [-0.2, -0.15) is 5.10 Å². The Morgan fingerprint density at radius 3 is 2.91 bits per heavy atom. The summed E-state index contributed by atoms with van der Waals surface area (Å²) in [4.78, 5) is 18.5. The van der Waals surface area contributed by atoms with Crippen molar-refractivity contribution in [3.8, 4) is 5.88 Å². The number of para-hydroxylation sites is 1. The fraction of sp³-hybridized carbons (Fsp3) is 0.235. The molecule has 2 heterocycles. The van der Waals surface area contributed by atoms with Crippen LogP contribution in [0.3, 0.4) is 0 Å². The Kier molecular flexibility index (Phi) is 4.23. The van der Waals surface area contributed by atoms with Crippen molar-refractivity contribution < 1.29 is 9.53 Å². The van der Waals surface area contributed by atoms with E-state index in [0.29, 0.717) is 24.7 Å². The molecule has 6 nitrogen and oxygen atoms in total. The summed E-state index contributed by atoms with van der Waals surface area (Å²) in [5, 5.41) is 7.86. The lowest BCUT2D eigenvalue weighted by Crippen LogP contribution is -2.27. The van der Waals surface area contributed by atoms with Crippen molar-refractivity contribution in [1.82, 2.24) is 20.1 Å². The van der Waals surface area contributed by atoms with Crippen molar-refractivity contribution in [3.63, 3.8) is 0 Å². The molecule has 0 aliphatic rings. The molecule has 118 valence electrons. The third-order valence-electron chi connectivity index (χ3n) is 3.56. The first-order valence-corrected chi connectivity index (χ1v) is 7.46. The molecule has 0 aliphatic heterocycles. The number of aromatic amines is 1. The van der Waals surface area contributed by atoms with E-state index < -0.39 is 0 Å². The molecule has 2 aromatic heterocycles. The maximum Gasteiger partial charge on any atom is 0.275 e. The minimum Gasteiger partial charge on any atom is -0.478 e. The number of benzene rings is 1. The standard InChI is InChI=1S/C17H18N4O2/c1-3-23-16-12(7-6-10-18-16)11-21(2)17(22)15-13-8-4-5-9-14(13)19-20-15/h4-10H,3,11H2,1-2H3,(H,19,20). The number of hydrogen-bond acceptors (Lipinski definition) is 4. The molecule has 0 saturated heterocycles. The Morgan fingerprint density at radius 1 is 1.26 bits per heavy atom. The van der Waals surface area contributed by atoms with E-state index in [4.69, 9.17) is 4.74 Å². The smallest absolute Gasteiger partial charge is 0.275 e. The Hall–Kier alpha value is -2.89. The lowest BCUT2D eigenvalue weighted by molar-refractivity contribution is 0.0780. The number of nitrogens with zero attached hydrogens (tertiary/aromatic N) is 3. The third-order valence-corrected chi connectivity index (χ3v) is 3.56. The van der Waals surface area contributed by atoms with Crippen molar-refractivity contribution in [3.05, 3.63) is 53.9 Å². The number of amides is 1. The average Bonchev–Trinajstić information content (AvgIpc) is 3.00. The number of rotatable bonds is 5. The van der Waals surface area contributed by atoms with Crippen molar-refractivity contribution in [2.75, 3.05) is 13.7 Å². The van der Waals surface area contributed by atoms with E-state index in [1.165, 1.54) is 0 Å². The average molecular weight is 310 g/mol. The van der Waals surface area contributed by atoms with Crippen LogP contribution in [0.2, 0.25) is 0 Å². The zero-order chi connectivity index (χ0) is 16.2. The van der Waals surface area contributed by atoms with E-state index >= 15 is 0 Å². The summed E-state index contributed by atoms with van der Waals surface area (Å²) in [5.41, 5.74) is 2.13. The SMILES string of the molecule is CCOc1ncccc1CN(C)C(=O)c1n[nH]c2ccccc12. The molecule has 0 fully saturated rings. The van der Waals surface area contributed by atoms with Crippen molar-refractivity contribution >= 4 is 16.8 Å². The largest absolute Gasteiger partial charge is 0.478 e. The van der Waals surface area contributed by atoms with Crippen LogP contribution >= 0.6 is 0 Å². The predicted molar refractivity (Wildman–Crippen MR) is 87.3 cm³/mol. The Morgan fingerprint density at radius 2 is 2.09 bits per heavy atom. The molecule has 3 rings (SSSR count). The number of carbonyl (C=O) groups excluding carboxylic acids is 1. The Bertz CT molecular complexity index is 828. The van der Waals surface area contributed by atoms with Gasteiger partial charge in [-0.05, 0) is 19.1 Å². The fourth-order valence-corrected chi connectivity index (χ4v) is 2.45. The summed E-state index contributed by atoms with van der Waals surface area (Å²) in [7, 11) is 1.74. The van der Waals surface area contributed by atoms with Crippen LogP contribution in [0.15, 0.2) is 42.6 Å². The molecule has 6 heteroatoms. The second-order valence-corrected chi connectivity index (χ2v) is 5.18. The van der Waals surface area contributed by atoms with Crippen LogP contribution in [0.25, 0.3) is 10.9 Å². The normalized spacial score (nSPS) is 10.7. The minimum absolute atomic E-state index is 0.145. The van der Waals surface area contributed by atoms with Crippen LogP contribution in [0, 0.1) is 0 Å². The van der Waals surface area contributed by atoms with Gasteiger partial charge in [0.2, 0.25) is 5.88 Å². The molecule has 0 spiro atoms. The highest BCUT2D eigenvalue weighted by molar-refractivity contribution is 6.04. The van der Waals surface area contributed by atoms with Crippen LogP contribution in [0.5, 0.6) is 5.88 Å². The van der Waals surface area contributed by atoms with E-state index in [-0.39, 0.29) is 5.91 Å². The fourth-order valence-electron chi connectivity index (χ4n) is 2.45. The van der Waals surface area contributed by atoms with Gasteiger partial charge in [0, 0.05) is 24.2 Å². The number of carbonyl (C=O) groups is 1. The molecular weight excluding hydrogens is 292 g/mol. The summed E-state index contributed by atoms with van der Waals surface area (Å²) in [6, 6.07) is 11.3. The minimum atomic E-state index is -0.145. The number of ether oxygens (including phenoxy) is 1. The number of nitrogens with one attached hydrogen (secondary N) is 1. The maximum absolute atomic E-state index is 12.7. The van der Waals surface area contributed by atoms with Crippen LogP contribution < -0.4 is 4.74 Å². The Labute approximate surface area is 134 Å². The van der Waals surface area contributed by atoms with Crippen molar-refractivity contribution in [2.45, 2.75) is 13.5 Å². The van der Waals surface area contributed by atoms with Gasteiger partial charge >= 0.3 is 0 Å². The predicted octanol–water partition coefficient (Wildman–Crippen LogP) is 2.63. The monoisotopic (exact) mass is 310 g/mol. The second kappa shape index (κ2) is 6.48. The highest BCUT2D eigenvalue weighted by Gasteiger charge is 2.19. The molecule has 1 aromatic carbocycles. The Balaban J connectivity index is 1.83. The number of aromatic nitrogens is 3. The van der Waals surface area contributed by atoms with Gasteiger partial charge in [0.1, 0.15) is 0 Å². The van der Waals surface area contributed by atoms with E-state index in [1.54, 1.807) is 18.1 Å². The molecule has 0 atom stereocenters. The zero-order valence-corrected chi connectivity index (χ0v) is 13.1. The van der Waals surface area contributed by atoms with Crippen molar-refractivity contribution in [1.29, 1.82) is 0 Å². The highest BCUT2D eigenvalue weighted by Crippen LogP contribution is 2.20. The number of pyridine rings is 1. The van der Waals surface area contributed by atoms with Gasteiger partial charge in [-0.25, -0.2) is 4.98 Å². The second-order valence-electron chi connectivity index (χ2n) is 5.18. The lowest BCUT2D eigenvalue weighted by Gasteiger charge is -2.17. The summed E-state index contributed by atoms with van der Waals surface area (Å²) in [6.45, 7) is 2.85. The quantitative estimate of drug-likeness (QED) is 0.786. The molecule has 0 radical (unpaired) electrons. The number of fused-ring (bicyclic) bond motifs is 1. The van der Waals surface area contributed by atoms with Gasteiger partial charge in [-0.15, -0.1) is 0 Å². The van der Waals surface area contributed by atoms with Crippen LogP contribution in [-0.2, 0) is 6.54 Å². The van der Waals surface area contributed by atoms with Crippen LogP contribution in [0.4, 0.5) is 0 Å². The molecule has 0 bridgehead atoms. The van der Waals surface area contributed by atoms with E-state index in [9.17, 15) is 4.79 Å².